The summed E-state index contributed by atoms with van der Waals surface area (Å²) in [6, 6.07) is 14.1. The molecule has 0 heterocycles. The molecule has 0 spiro atoms. The van der Waals surface area contributed by atoms with Crippen LogP contribution in [0.15, 0.2) is 54.6 Å². The molecule has 7 nitrogen and oxygen atoms in total. The van der Waals surface area contributed by atoms with E-state index in [1.54, 1.807) is 48.5 Å². The molecule has 0 bridgehead atoms. The Balaban J connectivity index is 2.22. The molecule has 0 fully saturated rings. The number of anilines is 1. The second-order valence-corrected chi connectivity index (χ2v) is 5.13. The largest absolute Gasteiger partial charge is 0.465 e. The summed E-state index contributed by atoms with van der Waals surface area (Å²) in [5.41, 5.74) is 1.72. The molecule has 0 radical (unpaired) electrons. The van der Waals surface area contributed by atoms with Crippen LogP contribution in [0.5, 0.6) is 0 Å². The number of esters is 1. The number of hydrogen-bond donors (Lipinski definition) is 3. The molecule has 0 unspecified atom stereocenters. The smallest absolute Gasteiger partial charge is 0.337 e. The van der Waals surface area contributed by atoms with Crippen molar-refractivity contribution in [2.45, 2.75) is 6.04 Å². The fraction of sp³-hybridized carbons (Fsp3) is 0.167. The number of imide groups is 1. The van der Waals surface area contributed by atoms with Gasteiger partial charge in [-0.25, -0.2) is 9.59 Å². The fourth-order valence-corrected chi connectivity index (χ4v) is 2.18. The Morgan fingerprint density at radius 2 is 1.60 bits per heavy atom. The number of rotatable bonds is 5. The summed E-state index contributed by atoms with van der Waals surface area (Å²) in [5, 5.41) is 7.67. The average molecular weight is 341 g/mol. The first-order valence-electron chi connectivity index (χ1n) is 7.57. The number of urea groups is 1. The molecule has 0 aliphatic heterocycles. The van der Waals surface area contributed by atoms with Crippen molar-refractivity contribution < 1.29 is 19.1 Å². The lowest BCUT2D eigenvalue weighted by molar-refractivity contribution is -0.120. The van der Waals surface area contributed by atoms with Crippen LogP contribution in [0.4, 0.5) is 10.5 Å². The predicted octanol–water partition coefficient (Wildman–Crippen LogP) is 2.08. The zero-order valence-electron chi connectivity index (χ0n) is 13.9. The zero-order valence-corrected chi connectivity index (χ0v) is 13.9. The number of benzene rings is 2. The van der Waals surface area contributed by atoms with Gasteiger partial charge in [-0.15, -0.1) is 0 Å². The standard InChI is InChI=1S/C18H19N3O4/c1-19-18(24)21-16(22)15(12-6-4-3-5-7-12)20-14-10-8-13(9-11-14)17(23)25-2/h3-11,15,20H,1-2H3,(H2,19,21,22,24)/t15-/m1/s1. The number of nitrogens with one attached hydrogen (secondary N) is 3. The van der Waals surface area contributed by atoms with E-state index in [9.17, 15) is 14.4 Å². The van der Waals surface area contributed by atoms with Gasteiger partial charge in [0.05, 0.1) is 12.7 Å². The van der Waals surface area contributed by atoms with Crippen molar-refractivity contribution in [2.75, 3.05) is 19.5 Å². The molecule has 0 aromatic heterocycles. The summed E-state index contributed by atoms with van der Waals surface area (Å²) in [7, 11) is 2.74. The molecular formula is C18H19N3O4. The third-order valence-corrected chi connectivity index (χ3v) is 3.48. The van der Waals surface area contributed by atoms with Gasteiger partial charge in [0.15, 0.2) is 0 Å². The van der Waals surface area contributed by atoms with Crippen LogP contribution >= 0.6 is 0 Å². The summed E-state index contributed by atoms with van der Waals surface area (Å²) in [4.78, 5) is 35.4. The first kappa shape index (κ1) is 18.0. The van der Waals surface area contributed by atoms with Gasteiger partial charge < -0.3 is 15.4 Å². The highest BCUT2D eigenvalue weighted by Gasteiger charge is 2.22. The molecule has 25 heavy (non-hydrogen) atoms. The van der Waals surface area contributed by atoms with E-state index in [2.05, 4.69) is 20.7 Å². The third kappa shape index (κ3) is 4.81. The van der Waals surface area contributed by atoms with Gasteiger partial charge in [0, 0.05) is 12.7 Å². The molecule has 0 saturated heterocycles. The molecule has 2 rings (SSSR count). The van der Waals surface area contributed by atoms with Crippen molar-refractivity contribution in [2.24, 2.45) is 0 Å². The number of amides is 3. The maximum absolute atomic E-state index is 12.4. The second kappa shape index (κ2) is 8.49. The molecular weight excluding hydrogens is 322 g/mol. The van der Waals surface area contributed by atoms with Crippen LogP contribution < -0.4 is 16.0 Å². The molecule has 0 aliphatic carbocycles. The minimum Gasteiger partial charge on any atom is -0.465 e. The maximum Gasteiger partial charge on any atom is 0.337 e. The van der Waals surface area contributed by atoms with Gasteiger partial charge in [0.2, 0.25) is 0 Å². The number of carbonyl (C=O) groups is 3. The van der Waals surface area contributed by atoms with Crippen molar-refractivity contribution in [1.82, 2.24) is 10.6 Å². The molecule has 0 saturated carbocycles. The van der Waals surface area contributed by atoms with E-state index in [4.69, 9.17) is 0 Å². The van der Waals surface area contributed by atoms with Crippen LogP contribution in [0.1, 0.15) is 22.0 Å². The van der Waals surface area contributed by atoms with E-state index < -0.39 is 23.9 Å². The first-order valence-corrected chi connectivity index (χ1v) is 7.57. The van der Waals surface area contributed by atoms with E-state index in [1.165, 1.54) is 14.2 Å². The highest BCUT2D eigenvalue weighted by molar-refractivity contribution is 5.98. The van der Waals surface area contributed by atoms with E-state index in [1.807, 2.05) is 6.07 Å². The van der Waals surface area contributed by atoms with Crippen molar-refractivity contribution in [1.29, 1.82) is 0 Å². The van der Waals surface area contributed by atoms with E-state index in [-0.39, 0.29) is 0 Å². The maximum atomic E-state index is 12.4. The quantitative estimate of drug-likeness (QED) is 0.724. The van der Waals surface area contributed by atoms with Gasteiger partial charge in [-0.3, -0.25) is 10.1 Å². The topological polar surface area (TPSA) is 96.5 Å². The summed E-state index contributed by atoms with van der Waals surface area (Å²) >= 11 is 0. The van der Waals surface area contributed by atoms with Gasteiger partial charge in [-0.2, -0.15) is 0 Å². The SMILES string of the molecule is CNC(=O)NC(=O)[C@H](Nc1ccc(C(=O)OC)cc1)c1ccccc1. The number of hydrogen-bond acceptors (Lipinski definition) is 5. The lowest BCUT2D eigenvalue weighted by atomic mass is 10.1. The minimum atomic E-state index is -0.775. The molecule has 2 aromatic rings. The summed E-state index contributed by atoms with van der Waals surface area (Å²) in [6.45, 7) is 0. The highest BCUT2D eigenvalue weighted by Crippen LogP contribution is 2.20. The van der Waals surface area contributed by atoms with Crippen LogP contribution in [0, 0.1) is 0 Å². The molecule has 1 atom stereocenters. The lowest BCUT2D eigenvalue weighted by Crippen LogP contribution is -2.42. The molecule has 130 valence electrons. The zero-order chi connectivity index (χ0) is 18.2. The molecule has 3 amide bonds. The van der Waals surface area contributed by atoms with Crippen LogP contribution in [-0.2, 0) is 9.53 Å². The van der Waals surface area contributed by atoms with Gasteiger partial charge in [-0.05, 0) is 29.8 Å². The Kier molecular flexibility index (Phi) is 6.11. The minimum absolute atomic E-state index is 0.402. The molecule has 2 aromatic carbocycles. The third-order valence-electron chi connectivity index (χ3n) is 3.48. The van der Waals surface area contributed by atoms with E-state index >= 15 is 0 Å². The van der Waals surface area contributed by atoms with Crippen LogP contribution in [0.2, 0.25) is 0 Å². The molecule has 0 aliphatic rings. The Morgan fingerprint density at radius 1 is 0.960 bits per heavy atom. The van der Waals surface area contributed by atoms with Crippen molar-refractivity contribution in [3.8, 4) is 0 Å². The molecule has 7 heteroatoms. The van der Waals surface area contributed by atoms with Gasteiger partial charge in [0.1, 0.15) is 6.04 Å². The monoisotopic (exact) mass is 341 g/mol. The fourth-order valence-electron chi connectivity index (χ4n) is 2.18. The number of ether oxygens (including phenoxy) is 1. The molecule has 3 N–H and O–H groups in total. The van der Waals surface area contributed by atoms with Crippen LogP contribution in [-0.4, -0.2) is 32.1 Å². The Hall–Kier alpha value is -3.35. The second-order valence-electron chi connectivity index (χ2n) is 5.13. The Bertz CT molecular complexity index is 745. The van der Waals surface area contributed by atoms with Crippen molar-refractivity contribution in [3.05, 3.63) is 65.7 Å². The first-order chi connectivity index (χ1) is 12.0. The predicted molar refractivity (Wildman–Crippen MR) is 93.2 cm³/mol. The van der Waals surface area contributed by atoms with E-state index in [0.29, 0.717) is 16.8 Å². The summed E-state index contributed by atoms with van der Waals surface area (Å²) < 4.78 is 4.65. The summed E-state index contributed by atoms with van der Waals surface area (Å²) in [5.74, 6) is -0.939. The highest BCUT2D eigenvalue weighted by atomic mass is 16.5. The normalized spacial score (nSPS) is 11.1. The summed E-state index contributed by atoms with van der Waals surface area (Å²) in [6.07, 6.45) is 0. The van der Waals surface area contributed by atoms with Gasteiger partial charge in [-0.1, -0.05) is 30.3 Å². The van der Waals surface area contributed by atoms with Crippen molar-refractivity contribution >= 4 is 23.6 Å². The van der Waals surface area contributed by atoms with Crippen LogP contribution in [0.3, 0.4) is 0 Å². The van der Waals surface area contributed by atoms with Gasteiger partial charge in [0.25, 0.3) is 5.91 Å². The Labute approximate surface area is 145 Å². The average Bonchev–Trinajstić information content (AvgIpc) is 2.66. The van der Waals surface area contributed by atoms with Gasteiger partial charge >= 0.3 is 12.0 Å². The number of carbonyl (C=O) groups excluding carboxylic acids is 3. The van der Waals surface area contributed by atoms with Crippen LogP contribution in [0.25, 0.3) is 0 Å². The van der Waals surface area contributed by atoms with Crippen molar-refractivity contribution in [3.63, 3.8) is 0 Å². The lowest BCUT2D eigenvalue weighted by Gasteiger charge is -2.19. The Morgan fingerprint density at radius 3 is 2.16 bits per heavy atom. The number of methoxy groups -OCH3 is 1. The van der Waals surface area contributed by atoms with E-state index in [0.717, 1.165) is 0 Å².